The summed E-state index contributed by atoms with van der Waals surface area (Å²) < 4.78 is 0. The molecule has 0 saturated heterocycles. The first-order chi connectivity index (χ1) is 0. The van der Waals surface area contributed by atoms with Gasteiger partial charge < -0.3 is 11.0 Å². The predicted octanol–water partition coefficient (Wildman–Crippen LogP) is -0.245. The van der Waals surface area contributed by atoms with Gasteiger partial charge in [0.05, 0.1) is 0 Å². The molecular weight excluding hydrogens is 202 g/mol. The summed E-state index contributed by atoms with van der Waals surface area (Å²) in [7, 11) is 0. The fraction of sp³-hybridized carbons (Fsp3) is 0. The maximum atomic E-state index is 0. The Morgan fingerprint density at radius 1 is 0.800 bits per heavy atom. The minimum Gasteiger partial charge on any atom is -2.00 e. The van der Waals surface area contributed by atoms with Gasteiger partial charge in [-0.15, -0.1) is 0 Å². The van der Waals surface area contributed by atoms with Gasteiger partial charge in [-0.05, 0) is 0 Å². The van der Waals surface area contributed by atoms with Crippen molar-refractivity contribution in [1.29, 1.82) is 0 Å². The second-order valence-electron chi connectivity index (χ2n) is 0. The SMILES string of the molecule is [Cu+2].[Ni+2].[O-2].[O-2].[Ti+4]. The van der Waals surface area contributed by atoms with Crippen LogP contribution in [-0.2, 0) is 66.2 Å². The molecule has 1 radical (unpaired) electrons. The van der Waals surface area contributed by atoms with Crippen LogP contribution in [0.4, 0.5) is 0 Å². The summed E-state index contributed by atoms with van der Waals surface area (Å²) in [4.78, 5) is 0. The van der Waals surface area contributed by atoms with Crippen LogP contribution in [0.5, 0.6) is 0 Å². The third-order valence-electron chi connectivity index (χ3n) is 0. The van der Waals surface area contributed by atoms with E-state index in [2.05, 4.69) is 0 Å². The molecule has 0 fully saturated rings. The first kappa shape index (κ1) is 78.1. The average molecular weight is 202 g/mol. The molecule has 0 rings (SSSR count). The van der Waals surface area contributed by atoms with Gasteiger partial charge in [-0.1, -0.05) is 0 Å². The normalized spacial score (nSPS) is 0. The molecule has 0 bridgehead atoms. The summed E-state index contributed by atoms with van der Waals surface area (Å²) in [6, 6.07) is 0. The minimum absolute atomic E-state index is 0. The van der Waals surface area contributed by atoms with Gasteiger partial charge in [-0.3, -0.25) is 0 Å². The summed E-state index contributed by atoms with van der Waals surface area (Å²) in [5.41, 5.74) is 0. The van der Waals surface area contributed by atoms with Crippen LogP contribution in [0.2, 0.25) is 0 Å². The van der Waals surface area contributed by atoms with Gasteiger partial charge in [0.2, 0.25) is 0 Å². The molecule has 0 N–H and O–H groups in total. The Kier molecular flexibility index (Phi) is 702. The van der Waals surface area contributed by atoms with Crippen LogP contribution in [-0.4, -0.2) is 0 Å². The van der Waals surface area contributed by atoms with Crippen LogP contribution < -0.4 is 0 Å². The van der Waals surface area contributed by atoms with Gasteiger partial charge in [0.1, 0.15) is 0 Å². The minimum atomic E-state index is 0. The quantitative estimate of drug-likeness (QED) is 0.486. The first-order valence-corrected chi connectivity index (χ1v) is 0. The van der Waals surface area contributed by atoms with E-state index < -0.39 is 0 Å². The Hall–Kier alpha value is 1.65. The van der Waals surface area contributed by atoms with E-state index in [0.29, 0.717) is 0 Å². The summed E-state index contributed by atoms with van der Waals surface area (Å²) in [6.07, 6.45) is 0. The van der Waals surface area contributed by atoms with Crippen LogP contribution in [0.3, 0.4) is 0 Å². The van der Waals surface area contributed by atoms with E-state index in [4.69, 9.17) is 0 Å². The maximum Gasteiger partial charge on any atom is 4.00 e. The van der Waals surface area contributed by atoms with Gasteiger partial charge in [-0.2, -0.15) is 0 Å². The fourth-order valence-corrected chi connectivity index (χ4v) is 0. The van der Waals surface area contributed by atoms with Crippen LogP contribution in [0, 0.1) is 0 Å². The molecule has 0 spiro atoms. The second-order valence-corrected chi connectivity index (χ2v) is 0. The van der Waals surface area contributed by atoms with E-state index in [0.717, 1.165) is 0 Å². The molecule has 33 valence electrons. The molecule has 5 heteroatoms. The van der Waals surface area contributed by atoms with Crippen molar-refractivity contribution in [1.82, 2.24) is 0 Å². The molecule has 2 nitrogen and oxygen atoms in total. The molecule has 5 heavy (non-hydrogen) atoms. The van der Waals surface area contributed by atoms with Crippen LogP contribution >= 0.6 is 0 Å². The summed E-state index contributed by atoms with van der Waals surface area (Å²) >= 11 is 0. The van der Waals surface area contributed by atoms with Gasteiger partial charge in [0, 0.05) is 0 Å². The molecule has 0 heterocycles. The molecule has 0 aromatic carbocycles. The van der Waals surface area contributed by atoms with E-state index >= 15 is 0 Å². The Labute approximate surface area is 66.0 Å². The summed E-state index contributed by atoms with van der Waals surface area (Å²) in [5, 5.41) is 0. The van der Waals surface area contributed by atoms with Gasteiger partial charge in [0.25, 0.3) is 0 Å². The Morgan fingerprint density at radius 2 is 0.800 bits per heavy atom. The molecular formula is CuNiO2Ti+4. The zero-order valence-corrected chi connectivity index (χ0v) is 5.43. The Bertz CT molecular complexity index is 9.61. The fourth-order valence-electron chi connectivity index (χ4n) is 0. The van der Waals surface area contributed by atoms with E-state index in [-0.39, 0.29) is 66.2 Å². The monoisotopic (exact) mass is 201 g/mol. The van der Waals surface area contributed by atoms with Crippen molar-refractivity contribution < 1.29 is 66.2 Å². The van der Waals surface area contributed by atoms with E-state index in [1.54, 1.807) is 0 Å². The first-order valence-electron chi connectivity index (χ1n) is 0. The Balaban J connectivity index is 0. The average Bonchev–Trinajstić information content (AvgIpc) is 0. The van der Waals surface area contributed by atoms with Crippen LogP contribution in [0.25, 0.3) is 0 Å². The number of hydrogen-bond donors (Lipinski definition) is 0. The molecule has 0 aliphatic carbocycles. The van der Waals surface area contributed by atoms with E-state index in [1.807, 2.05) is 0 Å². The van der Waals surface area contributed by atoms with Crippen molar-refractivity contribution in [3.63, 3.8) is 0 Å². The van der Waals surface area contributed by atoms with Gasteiger partial charge >= 0.3 is 55.3 Å². The second kappa shape index (κ2) is 44.9. The number of rotatable bonds is 0. The third kappa shape index (κ3) is 27.7. The topological polar surface area (TPSA) is 57.0 Å². The molecule has 0 unspecified atom stereocenters. The molecule has 0 atom stereocenters. The zero-order chi connectivity index (χ0) is 0. The molecule has 0 saturated carbocycles. The Morgan fingerprint density at radius 3 is 0.800 bits per heavy atom. The summed E-state index contributed by atoms with van der Waals surface area (Å²) in [6.45, 7) is 0. The van der Waals surface area contributed by atoms with Crippen molar-refractivity contribution in [3.8, 4) is 0 Å². The number of hydrogen-bond acceptors (Lipinski definition) is 0. The third-order valence-corrected chi connectivity index (χ3v) is 0. The van der Waals surface area contributed by atoms with Gasteiger partial charge in [-0.25, -0.2) is 0 Å². The predicted molar refractivity (Wildman–Crippen MR) is 1.37 cm³/mol. The van der Waals surface area contributed by atoms with Crippen molar-refractivity contribution >= 4 is 0 Å². The zero-order valence-electron chi connectivity index (χ0n) is 1.93. The summed E-state index contributed by atoms with van der Waals surface area (Å²) in [5.74, 6) is 0. The van der Waals surface area contributed by atoms with E-state index in [1.165, 1.54) is 0 Å². The van der Waals surface area contributed by atoms with E-state index in [9.17, 15) is 0 Å². The largest absolute Gasteiger partial charge is 4.00 e. The smallest absolute Gasteiger partial charge is 2.00 e. The molecule has 0 aromatic heterocycles. The molecule has 0 amide bonds. The standard InChI is InChI=1S/Cu.Ni.2O.Ti/q2*+2;2*-2;+4. The van der Waals surface area contributed by atoms with Crippen molar-refractivity contribution in [2.45, 2.75) is 0 Å². The van der Waals surface area contributed by atoms with Crippen molar-refractivity contribution in [2.24, 2.45) is 0 Å². The van der Waals surface area contributed by atoms with Crippen molar-refractivity contribution in [2.75, 3.05) is 0 Å². The van der Waals surface area contributed by atoms with Crippen molar-refractivity contribution in [3.05, 3.63) is 0 Å². The van der Waals surface area contributed by atoms with Gasteiger partial charge in [0.15, 0.2) is 0 Å². The molecule has 0 aliphatic rings. The molecule has 0 aliphatic heterocycles. The molecule has 0 aromatic rings. The van der Waals surface area contributed by atoms with Crippen LogP contribution in [0.1, 0.15) is 0 Å². The van der Waals surface area contributed by atoms with Crippen LogP contribution in [0.15, 0.2) is 0 Å². The maximum absolute atomic E-state index is 0.